The van der Waals surface area contributed by atoms with Crippen LogP contribution in [0, 0.1) is 6.92 Å². The van der Waals surface area contributed by atoms with Crippen LogP contribution in [0.15, 0.2) is 48.5 Å². The maximum absolute atomic E-state index is 12.8. The van der Waals surface area contributed by atoms with E-state index in [4.69, 9.17) is 9.47 Å². The maximum Gasteiger partial charge on any atom is 0.416 e. The van der Waals surface area contributed by atoms with Gasteiger partial charge in [0.1, 0.15) is 15.6 Å². The Bertz CT molecular complexity index is 1160. The van der Waals surface area contributed by atoms with E-state index < -0.39 is 23.8 Å². The average Bonchev–Trinajstić information content (AvgIpc) is 3.21. The lowest BCUT2D eigenvalue weighted by Crippen LogP contribution is -2.26. The van der Waals surface area contributed by atoms with Crippen LogP contribution in [-0.4, -0.2) is 36.1 Å². The van der Waals surface area contributed by atoms with Crippen molar-refractivity contribution in [1.82, 2.24) is 10.3 Å². The number of ether oxygens (including phenoxy) is 2. The molecule has 1 amide bonds. The molecule has 0 aliphatic heterocycles. The number of esters is 1. The van der Waals surface area contributed by atoms with Gasteiger partial charge in [-0.15, -0.1) is 11.3 Å². The molecular weight excluding hydrogens is 481 g/mol. The van der Waals surface area contributed by atoms with Crippen molar-refractivity contribution in [2.75, 3.05) is 13.2 Å². The fourth-order valence-electron chi connectivity index (χ4n) is 3.18. The molecule has 35 heavy (non-hydrogen) atoms. The Balaban J connectivity index is 1.54. The molecule has 0 aliphatic carbocycles. The molecule has 2 aromatic carbocycles. The van der Waals surface area contributed by atoms with Gasteiger partial charge in [-0.3, -0.25) is 4.79 Å². The molecule has 0 fully saturated rings. The molecule has 186 valence electrons. The van der Waals surface area contributed by atoms with Crippen LogP contribution in [0.3, 0.4) is 0 Å². The fourth-order valence-corrected chi connectivity index (χ4v) is 4.17. The highest BCUT2D eigenvalue weighted by molar-refractivity contribution is 7.17. The predicted molar refractivity (Wildman–Crippen MR) is 126 cm³/mol. The molecule has 1 aromatic heterocycles. The summed E-state index contributed by atoms with van der Waals surface area (Å²) in [5.74, 6) is -0.185. The molecule has 3 rings (SSSR count). The van der Waals surface area contributed by atoms with E-state index in [1.807, 2.05) is 12.1 Å². The molecule has 10 heteroatoms. The third-order valence-corrected chi connectivity index (χ3v) is 6.22. The highest BCUT2D eigenvalue weighted by Crippen LogP contribution is 2.33. The van der Waals surface area contributed by atoms with Crippen LogP contribution < -0.4 is 10.1 Å². The van der Waals surface area contributed by atoms with Gasteiger partial charge in [0.15, 0.2) is 6.10 Å². The van der Waals surface area contributed by atoms with Gasteiger partial charge in [-0.25, -0.2) is 9.78 Å². The number of aromatic nitrogens is 1. The van der Waals surface area contributed by atoms with Crippen LogP contribution in [0.1, 0.15) is 40.3 Å². The lowest BCUT2D eigenvalue weighted by atomic mass is 10.1. The highest BCUT2D eigenvalue weighted by Gasteiger charge is 2.30. The number of thiazole rings is 1. The first kappa shape index (κ1) is 26.2. The second kappa shape index (κ2) is 11.4. The van der Waals surface area contributed by atoms with E-state index in [-0.39, 0.29) is 12.5 Å². The number of aryl methyl sites for hydroxylation is 1. The SMILES string of the molecule is CCOC(=O)C(C)Oc1ccc(CCNC(=O)c2sc(-c3ccc(C(F)(F)F)cc3)nc2C)cc1. The van der Waals surface area contributed by atoms with E-state index in [1.165, 1.54) is 12.1 Å². The summed E-state index contributed by atoms with van der Waals surface area (Å²) in [7, 11) is 0. The Morgan fingerprint density at radius 2 is 1.74 bits per heavy atom. The zero-order valence-electron chi connectivity index (χ0n) is 19.4. The number of amides is 1. The number of nitrogens with zero attached hydrogens (tertiary/aromatic N) is 1. The van der Waals surface area contributed by atoms with Crippen molar-refractivity contribution in [2.24, 2.45) is 0 Å². The van der Waals surface area contributed by atoms with Crippen LogP contribution in [0.2, 0.25) is 0 Å². The Morgan fingerprint density at radius 3 is 2.34 bits per heavy atom. The minimum absolute atomic E-state index is 0.286. The maximum atomic E-state index is 12.8. The van der Waals surface area contributed by atoms with Crippen molar-refractivity contribution in [3.63, 3.8) is 0 Å². The molecule has 0 aliphatic rings. The van der Waals surface area contributed by atoms with E-state index in [0.29, 0.717) is 39.9 Å². The molecule has 1 unspecified atom stereocenters. The second-order valence-corrected chi connectivity index (χ2v) is 8.67. The van der Waals surface area contributed by atoms with E-state index in [0.717, 1.165) is 29.0 Å². The molecule has 0 spiro atoms. The number of rotatable bonds is 9. The van der Waals surface area contributed by atoms with E-state index in [2.05, 4.69) is 10.3 Å². The molecule has 0 bridgehead atoms. The Kier molecular flexibility index (Phi) is 8.50. The molecular formula is C25H25F3N2O4S. The predicted octanol–water partition coefficient (Wildman–Crippen LogP) is 5.44. The minimum atomic E-state index is -4.41. The number of halogens is 3. The first-order valence-electron chi connectivity index (χ1n) is 10.9. The Labute approximate surface area is 205 Å². The van der Waals surface area contributed by atoms with E-state index >= 15 is 0 Å². The zero-order valence-corrected chi connectivity index (χ0v) is 20.3. The molecule has 0 saturated heterocycles. The van der Waals surface area contributed by atoms with Gasteiger partial charge >= 0.3 is 12.1 Å². The first-order valence-corrected chi connectivity index (χ1v) is 11.8. The van der Waals surface area contributed by atoms with Crippen molar-refractivity contribution in [3.05, 3.63) is 70.2 Å². The van der Waals surface area contributed by atoms with Crippen LogP contribution in [0.25, 0.3) is 10.6 Å². The topological polar surface area (TPSA) is 77.5 Å². The van der Waals surface area contributed by atoms with Gasteiger partial charge in [0, 0.05) is 12.1 Å². The monoisotopic (exact) mass is 506 g/mol. The third kappa shape index (κ3) is 7.05. The summed E-state index contributed by atoms with van der Waals surface area (Å²) in [5, 5.41) is 3.33. The summed E-state index contributed by atoms with van der Waals surface area (Å²) in [6.45, 7) is 5.70. The van der Waals surface area contributed by atoms with Gasteiger partial charge in [0.25, 0.3) is 5.91 Å². The normalized spacial score (nSPS) is 12.2. The fraction of sp³-hybridized carbons (Fsp3) is 0.320. The van der Waals surface area contributed by atoms with Gasteiger partial charge < -0.3 is 14.8 Å². The smallest absolute Gasteiger partial charge is 0.416 e. The summed E-state index contributed by atoms with van der Waals surface area (Å²) in [6.07, 6.45) is -4.55. The number of carbonyl (C=O) groups is 2. The third-order valence-electron chi connectivity index (χ3n) is 5.02. The summed E-state index contributed by atoms with van der Waals surface area (Å²) >= 11 is 1.13. The van der Waals surface area contributed by atoms with Crippen LogP contribution in [0.4, 0.5) is 13.2 Å². The van der Waals surface area contributed by atoms with Crippen LogP contribution in [0.5, 0.6) is 5.75 Å². The van der Waals surface area contributed by atoms with Crippen molar-refractivity contribution >= 4 is 23.2 Å². The van der Waals surface area contributed by atoms with E-state index in [1.54, 1.807) is 32.9 Å². The van der Waals surface area contributed by atoms with Crippen molar-refractivity contribution < 1.29 is 32.2 Å². The van der Waals surface area contributed by atoms with Crippen LogP contribution >= 0.6 is 11.3 Å². The summed E-state index contributed by atoms with van der Waals surface area (Å²) in [5.41, 5.74) is 1.26. The second-order valence-electron chi connectivity index (χ2n) is 7.67. The number of hydrogen-bond acceptors (Lipinski definition) is 6. The molecule has 1 atom stereocenters. The van der Waals surface area contributed by atoms with Gasteiger partial charge in [-0.1, -0.05) is 24.3 Å². The summed E-state index contributed by atoms with van der Waals surface area (Å²) in [4.78, 5) is 29.0. The standard InChI is InChI=1S/C25H25F3N2O4S/c1-4-33-24(32)16(3)34-20-11-5-17(6-12-20)13-14-29-22(31)21-15(2)30-23(35-21)18-7-9-19(10-8-18)25(26,27)28/h5-12,16H,4,13-14H2,1-3H3,(H,29,31). The molecule has 3 aromatic rings. The lowest BCUT2D eigenvalue weighted by Gasteiger charge is -2.13. The van der Waals surface area contributed by atoms with Crippen molar-refractivity contribution in [3.8, 4) is 16.3 Å². The Morgan fingerprint density at radius 1 is 1.09 bits per heavy atom. The van der Waals surface area contributed by atoms with Crippen molar-refractivity contribution in [2.45, 2.75) is 39.5 Å². The molecule has 0 saturated carbocycles. The van der Waals surface area contributed by atoms with E-state index in [9.17, 15) is 22.8 Å². The number of carbonyl (C=O) groups excluding carboxylic acids is 2. The molecule has 1 N–H and O–H groups in total. The Hall–Kier alpha value is -3.40. The largest absolute Gasteiger partial charge is 0.479 e. The van der Waals surface area contributed by atoms with Crippen molar-refractivity contribution in [1.29, 1.82) is 0 Å². The van der Waals surface area contributed by atoms with Gasteiger partial charge in [-0.05, 0) is 57.0 Å². The van der Waals surface area contributed by atoms with Gasteiger partial charge in [-0.2, -0.15) is 13.2 Å². The number of nitrogens with one attached hydrogen (secondary N) is 1. The van der Waals surface area contributed by atoms with Gasteiger partial charge in [0.05, 0.1) is 17.9 Å². The molecule has 0 radical (unpaired) electrons. The summed E-state index contributed by atoms with van der Waals surface area (Å²) < 4.78 is 48.8. The lowest BCUT2D eigenvalue weighted by molar-refractivity contribution is -0.150. The average molecular weight is 507 g/mol. The molecule has 6 nitrogen and oxygen atoms in total. The number of hydrogen-bond donors (Lipinski definition) is 1. The molecule has 1 heterocycles. The quantitative estimate of drug-likeness (QED) is 0.391. The summed E-state index contributed by atoms with van der Waals surface area (Å²) in [6, 6.07) is 11.9. The van der Waals surface area contributed by atoms with Crippen LogP contribution in [-0.2, 0) is 22.1 Å². The first-order chi connectivity index (χ1) is 16.6. The zero-order chi connectivity index (χ0) is 25.6. The highest BCUT2D eigenvalue weighted by atomic mass is 32.1. The number of alkyl halides is 3. The minimum Gasteiger partial charge on any atom is -0.479 e. The van der Waals surface area contributed by atoms with Gasteiger partial charge in [0.2, 0.25) is 0 Å². The number of benzene rings is 2.